The third-order valence-electron chi connectivity index (χ3n) is 4.36. The first-order valence-corrected chi connectivity index (χ1v) is 8.46. The van der Waals surface area contributed by atoms with E-state index in [1.54, 1.807) is 18.2 Å². The average molecular weight is 403 g/mol. The number of halogens is 6. The molecule has 1 aliphatic heterocycles. The molecule has 3 rings (SSSR count). The molecule has 26 heavy (non-hydrogen) atoms. The maximum atomic E-state index is 14.6. The first-order chi connectivity index (χ1) is 12.2. The summed E-state index contributed by atoms with van der Waals surface area (Å²) in [5.41, 5.74) is 0.732. The van der Waals surface area contributed by atoms with Gasteiger partial charge in [0.2, 0.25) is 0 Å². The van der Waals surface area contributed by atoms with Gasteiger partial charge in [0.25, 0.3) is 0 Å². The van der Waals surface area contributed by atoms with E-state index in [2.05, 4.69) is 0 Å². The predicted molar refractivity (Wildman–Crippen MR) is 92.9 cm³/mol. The van der Waals surface area contributed by atoms with Crippen molar-refractivity contribution in [2.45, 2.75) is 12.6 Å². The summed E-state index contributed by atoms with van der Waals surface area (Å²) in [6.07, 6.45) is -4.45. The lowest BCUT2D eigenvalue weighted by Crippen LogP contribution is -2.28. The highest BCUT2D eigenvalue weighted by Crippen LogP contribution is 2.38. The molecule has 0 saturated carbocycles. The minimum absolute atomic E-state index is 0.0260. The molecular weight excluding hydrogens is 391 g/mol. The molecule has 2 aromatic carbocycles. The molecule has 2 aromatic rings. The van der Waals surface area contributed by atoms with Crippen LogP contribution >= 0.6 is 23.2 Å². The van der Waals surface area contributed by atoms with Crippen LogP contribution in [0.5, 0.6) is 0 Å². The second-order valence-electron chi connectivity index (χ2n) is 6.10. The van der Waals surface area contributed by atoms with Crippen molar-refractivity contribution in [2.75, 3.05) is 18.0 Å². The Morgan fingerprint density at radius 3 is 2.19 bits per heavy atom. The van der Waals surface area contributed by atoms with Gasteiger partial charge in [0.15, 0.2) is 5.82 Å². The standard InChI is InChI=1S/C18H12Cl2F4N2/c19-14-4-11(5-15(20)7-14)10-3-12(8-25)17(21)16(6-10)26-2-1-13(9-26)18(22,23)24/h3-7,13H,1-2,9H2. The molecule has 1 fully saturated rings. The van der Waals surface area contributed by atoms with Crippen LogP contribution in [0.1, 0.15) is 12.0 Å². The van der Waals surface area contributed by atoms with E-state index in [1.807, 2.05) is 0 Å². The lowest BCUT2D eigenvalue weighted by atomic mass is 10.0. The highest BCUT2D eigenvalue weighted by Gasteiger charge is 2.44. The number of nitrogens with zero attached hydrogens (tertiary/aromatic N) is 2. The fourth-order valence-corrected chi connectivity index (χ4v) is 3.58. The molecule has 0 aliphatic carbocycles. The normalized spacial score (nSPS) is 17.4. The third kappa shape index (κ3) is 3.74. The topological polar surface area (TPSA) is 27.0 Å². The van der Waals surface area contributed by atoms with Crippen molar-refractivity contribution in [1.82, 2.24) is 0 Å². The van der Waals surface area contributed by atoms with E-state index in [0.29, 0.717) is 21.2 Å². The van der Waals surface area contributed by atoms with Crippen LogP contribution in [0.4, 0.5) is 23.2 Å². The summed E-state index contributed by atoms with van der Waals surface area (Å²) in [6, 6.07) is 9.22. The lowest BCUT2D eigenvalue weighted by molar-refractivity contribution is -0.168. The molecule has 0 N–H and O–H groups in total. The largest absolute Gasteiger partial charge is 0.393 e. The molecule has 1 heterocycles. The van der Waals surface area contributed by atoms with Gasteiger partial charge in [-0.1, -0.05) is 23.2 Å². The molecule has 0 radical (unpaired) electrons. The van der Waals surface area contributed by atoms with Gasteiger partial charge >= 0.3 is 6.18 Å². The molecule has 1 aliphatic rings. The highest BCUT2D eigenvalue weighted by molar-refractivity contribution is 6.35. The molecule has 136 valence electrons. The van der Waals surface area contributed by atoms with E-state index >= 15 is 0 Å². The molecule has 0 aromatic heterocycles. The molecule has 1 unspecified atom stereocenters. The Balaban J connectivity index is 2.05. The Morgan fingerprint density at radius 2 is 1.65 bits per heavy atom. The fourth-order valence-electron chi connectivity index (χ4n) is 3.05. The van der Waals surface area contributed by atoms with Crippen molar-refractivity contribution >= 4 is 28.9 Å². The van der Waals surface area contributed by atoms with E-state index in [4.69, 9.17) is 23.2 Å². The van der Waals surface area contributed by atoms with Crippen molar-refractivity contribution in [3.05, 3.63) is 51.8 Å². The van der Waals surface area contributed by atoms with E-state index in [9.17, 15) is 22.8 Å². The average Bonchev–Trinajstić information content (AvgIpc) is 3.04. The summed E-state index contributed by atoms with van der Waals surface area (Å²) in [4.78, 5) is 1.32. The second kappa shape index (κ2) is 6.98. The first-order valence-electron chi connectivity index (χ1n) is 7.71. The zero-order valence-corrected chi connectivity index (χ0v) is 14.8. The monoisotopic (exact) mass is 402 g/mol. The zero-order chi connectivity index (χ0) is 19.1. The lowest BCUT2D eigenvalue weighted by Gasteiger charge is -2.22. The SMILES string of the molecule is N#Cc1cc(-c2cc(Cl)cc(Cl)c2)cc(N2CCC(C(F)(F)F)C2)c1F. The second-order valence-corrected chi connectivity index (χ2v) is 6.97. The molecule has 0 spiro atoms. The first kappa shape index (κ1) is 18.8. The maximum absolute atomic E-state index is 14.6. The van der Waals surface area contributed by atoms with Gasteiger partial charge in [0, 0.05) is 23.1 Å². The molecule has 1 saturated heterocycles. The Morgan fingerprint density at radius 1 is 1.04 bits per heavy atom. The zero-order valence-electron chi connectivity index (χ0n) is 13.2. The van der Waals surface area contributed by atoms with Gasteiger partial charge in [-0.2, -0.15) is 18.4 Å². The maximum Gasteiger partial charge on any atom is 0.393 e. The van der Waals surface area contributed by atoms with E-state index in [0.717, 1.165) is 0 Å². The number of anilines is 1. The van der Waals surface area contributed by atoms with Crippen molar-refractivity contribution in [2.24, 2.45) is 5.92 Å². The van der Waals surface area contributed by atoms with Crippen molar-refractivity contribution in [3.8, 4) is 17.2 Å². The number of hydrogen-bond donors (Lipinski definition) is 0. The van der Waals surface area contributed by atoms with Gasteiger partial charge in [-0.3, -0.25) is 0 Å². The van der Waals surface area contributed by atoms with Crippen LogP contribution < -0.4 is 4.90 Å². The molecule has 2 nitrogen and oxygen atoms in total. The van der Waals surface area contributed by atoms with Crippen LogP contribution in [-0.2, 0) is 0 Å². The van der Waals surface area contributed by atoms with Gasteiger partial charge in [-0.25, -0.2) is 4.39 Å². The predicted octanol–water partition coefficient (Wildman–Crippen LogP) is 6.06. The van der Waals surface area contributed by atoms with Crippen molar-refractivity contribution in [1.29, 1.82) is 5.26 Å². The number of hydrogen-bond acceptors (Lipinski definition) is 2. The van der Waals surface area contributed by atoms with Crippen LogP contribution in [0.3, 0.4) is 0 Å². The van der Waals surface area contributed by atoms with Crippen molar-refractivity contribution in [3.63, 3.8) is 0 Å². The molecule has 0 bridgehead atoms. The number of benzene rings is 2. The van der Waals surface area contributed by atoms with Crippen molar-refractivity contribution < 1.29 is 17.6 Å². The van der Waals surface area contributed by atoms with Gasteiger partial charge in [-0.15, -0.1) is 0 Å². The minimum atomic E-state index is -4.33. The van der Waals surface area contributed by atoms with E-state index < -0.39 is 17.9 Å². The van der Waals surface area contributed by atoms with E-state index in [-0.39, 0.29) is 30.8 Å². The highest BCUT2D eigenvalue weighted by atomic mass is 35.5. The van der Waals surface area contributed by atoms with Crippen LogP contribution in [0, 0.1) is 23.1 Å². The van der Waals surface area contributed by atoms with Gasteiger partial charge in [-0.05, 0) is 47.9 Å². The Bertz CT molecular complexity index is 870. The summed E-state index contributed by atoms with van der Waals surface area (Å²) in [6.45, 7) is -0.281. The summed E-state index contributed by atoms with van der Waals surface area (Å²) in [5.74, 6) is -2.34. The summed E-state index contributed by atoms with van der Waals surface area (Å²) >= 11 is 12.0. The van der Waals surface area contributed by atoms with Crippen LogP contribution in [-0.4, -0.2) is 19.3 Å². The van der Waals surface area contributed by atoms with Gasteiger partial charge in [0.1, 0.15) is 6.07 Å². The quantitative estimate of drug-likeness (QED) is 0.570. The molecule has 0 amide bonds. The van der Waals surface area contributed by atoms with Crippen LogP contribution in [0.25, 0.3) is 11.1 Å². The Kier molecular flexibility index (Phi) is 5.05. The summed E-state index contributed by atoms with van der Waals surface area (Å²) in [5, 5.41) is 9.92. The van der Waals surface area contributed by atoms with Gasteiger partial charge in [0.05, 0.1) is 17.2 Å². The van der Waals surface area contributed by atoms with E-state index in [1.165, 1.54) is 23.1 Å². The number of nitriles is 1. The Labute approximate surface area is 157 Å². The summed E-state index contributed by atoms with van der Waals surface area (Å²) in [7, 11) is 0. The third-order valence-corrected chi connectivity index (χ3v) is 4.80. The number of alkyl halides is 3. The number of rotatable bonds is 2. The fraction of sp³-hybridized carbons (Fsp3) is 0.278. The molecule has 1 atom stereocenters. The Hall–Kier alpha value is -1.97. The van der Waals surface area contributed by atoms with Crippen LogP contribution in [0.15, 0.2) is 30.3 Å². The minimum Gasteiger partial charge on any atom is -0.368 e. The summed E-state index contributed by atoms with van der Waals surface area (Å²) < 4.78 is 53.4. The van der Waals surface area contributed by atoms with Gasteiger partial charge < -0.3 is 4.90 Å². The van der Waals surface area contributed by atoms with Crippen LogP contribution in [0.2, 0.25) is 10.0 Å². The molecule has 8 heteroatoms. The smallest absolute Gasteiger partial charge is 0.368 e. The molecular formula is C18H12Cl2F4N2.